The summed E-state index contributed by atoms with van der Waals surface area (Å²) >= 11 is 0. The minimum absolute atomic E-state index is 0.283. The van der Waals surface area contributed by atoms with E-state index in [1.54, 1.807) is 0 Å². The molecule has 0 saturated carbocycles. The standard InChI is InChI=1S/C11H10N2O6/c1-2-9(12(16)17)11(10(14)15,13(18)19)8-6-4-3-5-7-8/h2-7,9H,1H2,(H,14,15). The quantitative estimate of drug-likeness (QED) is 0.466. The van der Waals surface area contributed by atoms with Gasteiger partial charge in [-0.1, -0.05) is 36.9 Å². The second-order valence-corrected chi connectivity index (χ2v) is 3.66. The van der Waals surface area contributed by atoms with Gasteiger partial charge in [0.25, 0.3) is 0 Å². The van der Waals surface area contributed by atoms with E-state index < -0.39 is 27.4 Å². The van der Waals surface area contributed by atoms with E-state index in [1.807, 2.05) is 0 Å². The van der Waals surface area contributed by atoms with Crippen LogP contribution in [0.4, 0.5) is 0 Å². The average Bonchev–Trinajstić information content (AvgIpc) is 2.35. The Hall–Kier alpha value is -2.77. The number of carbonyl (C=O) groups is 1. The zero-order chi connectivity index (χ0) is 14.6. The third-order valence-electron chi connectivity index (χ3n) is 2.71. The lowest BCUT2D eigenvalue weighted by Gasteiger charge is -2.22. The van der Waals surface area contributed by atoms with Gasteiger partial charge in [-0.2, -0.15) is 0 Å². The Kier molecular flexibility index (Phi) is 3.95. The number of aliphatic carboxylic acids is 1. The Labute approximate surface area is 107 Å². The summed E-state index contributed by atoms with van der Waals surface area (Å²) in [5, 5.41) is 31.4. The zero-order valence-electron chi connectivity index (χ0n) is 9.63. The number of nitrogens with zero attached hydrogens (tertiary/aromatic N) is 2. The molecule has 0 aliphatic rings. The van der Waals surface area contributed by atoms with Gasteiger partial charge in [0.05, 0.1) is 4.92 Å². The molecule has 0 radical (unpaired) electrons. The molecule has 2 unspecified atom stereocenters. The fourth-order valence-corrected chi connectivity index (χ4v) is 1.81. The maximum Gasteiger partial charge on any atom is 0.410 e. The summed E-state index contributed by atoms with van der Waals surface area (Å²) in [6.07, 6.45) is 0.657. The van der Waals surface area contributed by atoms with Crippen molar-refractivity contribution in [3.63, 3.8) is 0 Å². The Morgan fingerprint density at radius 2 is 1.84 bits per heavy atom. The first-order chi connectivity index (χ1) is 8.88. The summed E-state index contributed by atoms with van der Waals surface area (Å²) in [6, 6.07) is 4.51. The van der Waals surface area contributed by atoms with E-state index >= 15 is 0 Å². The highest BCUT2D eigenvalue weighted by Gasteiger charge is 2.65. The van der Waals surface area contributed by atoms with Crippen molar-refractivity contribution < 1.29 is 19.7 Å². The molecule has 0 aliphatic heterocycles. The first kappa shape index (κ1) is 14.3. The van der Waals surface area contributed by atoms with Crippen molar-refractivity contribution in [3.8, 4) is 0 Å². The molecule has 0 amide bonds. The molecule has 100 valence electrons. The van der Waals surface area contributed by atoms with Crippen molar-refractivity contribution in [2.24, 2.45) is 0 Å². The fourth-order valence-electron chi connectivity index (χ4n) is 1.81. The summed E-state index contributed by atoms with van der Waals surface area (Å²) in [5.41, 5.74) is -3.18. The molecule has 1 N–H and O–H groups in total. The average molecular weight is 266 g/mol. The van der Waals surface area contributed by atoms with Crippen molar-refractivity contribution in [2.75, 3.05) is 0 Å². The summed E-state index contributed by atoms with van der Waals surface area (Å²) < 4.78 is 0. The predicted molar refractivity (Wildman–Crippen MR) is 63.7 cm³/mol. The molecule has 0 bridgehead atoms. The maximum absolute atomic E-state index is 11.4. The molecule has 0 aromatic heterocycles. The van der Waals surface area contributed by atoms with Gasteiger partial charge in [0.15, 0.2) is 0 Å². The lowest BCUT2D eigenvalue weighted by Crippen LogP contribution is -2.55. The Balaban J connectivity index is 3.66. The van der Waals surface area contributed by atoms with Gasteiger partial charge in [0.1, 0.15) is 0 Å². The minimum Gasteiger partial charge on any atom is -0.475 e. The molecule has 0 fully saturated rings. The van der Waals surface area contributed by atoms with Gasteiger partial charge in [0, 0.05) is 10.5 Å². The predicted octanol–water partition coefficient (Wildman–Crippen LogP) is 1.07. The molecule has 0 heterocycles. The molecule has 0 aliphatic carbocycles. The summed E-state index contributed by atoms with van der Waals surface area (Å²) in [7, 11) is 0. The van der Waals surface area contributed by atoms with E-state index in [1.165, 1.54) is 18.2 Å². The van der Waals surface area contributed by atoms with Crippen LogP contribution in [0.5, 0.6) is 0 Å². The van der Waals surface area contributed by atoms with Gasteiger partial charge in [-0.3, -0.25) is 20.2 Å². The van der Waals surface area contributed by atoms with E-state index in [-0.39, 0.29) is 5.56 Å². The van der Waals surface area contributed by atoms with Crippen LogP contribution in [-0.2, 0) is 10.3 Å². The largest absolute Gasteiger partial charge is 0.475 e. The first-order valence-corrected chi connectivity index (χ1v) is 5.08. The third kappa shape index (κ3) is 2.15. The highest BCUT2D eigenvalue weighted by molar-refractivity contribution is 5.80. The third-order valence-corrected chi connectivity index (χ3v) is 2.71. The Bertz CT molecular complexity index is 513. The molecule has 1 rings (SSSR count). The van der Waals surface area contributed by atoms with Gasteiger partial charge in [-0.25, -0.2) is 4.79 Å². The number of hydrogen-bond donors (Lipinski definition) is 1. The van der Waals surface area contributed by atoms with Crippen LogP contribution in [0.1, 0.15) is 5.56 Å². The number of hydrogen-bond acceptors (Lipinski definition) is 5. The van der Waals surface area contributed by atoms with Crippen molar-refractivity contribution in [1.82, 2.24) is 0 Å². The van der Waals surface area contributed by atoms with Gasteiger partial charge >= 0.3 is 17.6 Å². The lowest BCUT2D eigenvalue weighted by molar-refractivity contribution is -0.640. The zero-order valence-corrected chi connectivity index (χ0v) is 9.63. The monoisotopic (exact) mass is 266 g/mol. The van der Waals surface area contributed by atoms with Crippen LogP contribution >= 0.6 is 0 Å². The topological polar surface area (TPSA) is 124 Å². The normalized spacial score (nSPS) is 14.9. The van der Waals surface area contributed by atoms with Gasteiger partial charge in [-0.15, -0.1) is 0 Å². The fraction of sp³-hybridized carbons (Fsp3) is 0.182. The minimum atomic E-state index is -2.90. The SMILES string of the molecule is C=CC([N+](=O)[O-])C(C(=O)O)(c1ccccc1)[N+](=O)[O-]. The van der Waals surface area contributed by atoms with Crippen molar-refractivity contribution >= 4 is 5.97 Å². The van der Waals surface area contributed by atoms with E-state index in [9.17, 15) is 30.1 Å². The van der Waals surface area contributed by atoms with Crippen LogP contribution < -0.4 is 0 Å². The molecule has 19 heavy (non-hydrogen) atoms. The molecule has 1 aromatic rings. The van der Waals surface area contributed by atoms with Crippen molar-refractivity contribution in [3.05, 3.63) is 68.8 Å². The molecule has 0 spiro atoms. The van der Waals surface area contributed by atoms with Gasteiger partial charge in [0.2, 0.25) is 0 Å². The number of rotatable bonds is 6. The molecule has 0 saturated heterocycles. The highest BCUT2D eigenvalue weighted by Crippen LogP contribution is 2.31. The van der Waals surface area contributed by atoms with Crippen molar-refractivity contribution in [2.45, 2.75) is 11.6 Å². The van der Waals surface area contributed by atoms with Crippen LogP contribution in [0.15, 0.2) is 43.0 Å². The summed E-state index contributed by atoms with van der Waals surface area (Å²) in [6.45, 7) is 3.13. The molecule has 2 atom stereocenters. The Morgan fingerprint density at radius 3 is 2.16 bits per heavy atom. The number of benzene rings is 1. The lowest BCUT2D eigenvalue weighted by atomic mass is 9.83. The van der Waals surface area contributed by atoms with Crippen LogP contribution in [0.3, 0.4) is 0 Å². The highest BCUT2D eigenvalue weighted by atomic mass is 16.7. The van der Waals surface area contributed by atoms with Crippen LogP contribution in [0, 0.1) is 20.2 Å². The summed E-state index contributed by atoms with van der Waals surface area (Å²) in [4.78, 5) is 31.3. The van der Waals surface area contributed by atoms with E-state index in [4.69, 9.17) is 0 Å². The Morgan fingerprint density at radius 1 is 1.32 bits per heavy atom. The molecular weight excluding hydrogens is 256 g/mol. The molecule has 8 heteroatoms. The summed E-state index contributed by atoms with van der Waals surface area (Å²) in [5.74, 6) is -1.91. The second kappa shape index (κ2) is 5.25. The number of carboxylic acids is 1. The van der Waals surface area contributed by atoms with Crippen molar-refractivity contribution in [1.29, 1.82) is 0 Å². The van der Waals surface area contributed by atoms with Gasteiger partial charge in [-0.05, 0) is 6.08 Å². The van der Waals surface area contributed by atoms with Gasteiger partial charge < -0.3 is 5.11 Å². The van der Waals surface area contributed by atoms with Crippen LogP contribution in [0.2, 0.25) is 0 Å². The van der Waals surface area contributed by atoms with E-state index in [2.05, 4.69) is 6.58 Å². The molecule has 1 aromatic carbocycles. The smallest absolute Gasteiger partial charge is 0.410 e. The van der Waals surface area contributed by atoms with Crippen LogP contribution in [-0.4, -0.2) is 27.0 Å². The number of carboxylic acid groups (broad SMARTS) is 1. The molecular formula is C11H10N2O6. The number of nitro groups is 2. The maximum atomic E-state index is 11.4. The first-order valence-electron chi connectivity index (χ1n) is 5.08. The van der Waals surface area contributed by atoms with Crippen LogP contribution in [0.25, 0.3) is 0 Å². The van der Waals surface area contributed by atoms with E-state index in [0.29, 0.717) is 6.08 Å². The molecule has 8 nitrogen and oxygen atoms in total. The second-order valence-electron chi connectivity index (χ2n) is 3.66. The van der Waals surface area contributed by atoms with E-state index in [0.717, 1.165) is 12.1 Å².